The van der Waals surface area contributed by atoms with E-state index in [0.29, 0.717) is 38.8 Å². The zero-order valence-corrected chi connectivity index (χ0v) is 14.6. The van der Waals surface area contributed by atoms with E-state index in [1.54, 1.807) is 31.2 Å². The fraction of sp³-hybridized carbons (Fsp3) is 0.0556. The summed E-state index contributed by atoms with van der Waals surface area (Å²) in [4.78, 5) is 13.3. The fourth-order valence-electron chi connectivity index (χ4n) is 2.40. The summed E-state index contributed by atoms with van der Waals surface area (Å²) in [7, 11) is 0. The summed E-state index contributed by atoms with van der Waals surface area (Å²) in [6, 6.07) is 14.6. The highest BCUT2D eigenvalue weighted by Crippen LogP contribution is 2.29. The molecule has 0 aliphatic heterocycles. The van der Waals surface area contributed by atoms with Gasteiger partial charge in [-0.25, -0.2) is 9.97 Å². The van der Waals surface area contributed by atoms with Crippen molar-refractivity contribution in [1.29, 1.82) is 0 Å². The number of anilines is 2. The van der Waals surface area contributed by atoms with Crippen LogP contribution in [0.5, 0.6) is 0 Å². The number of aromatic nitrogens is 3. The van der Waals surface area contributed by atoms with Gasteiger partial charge in [0.15, 0.2) is 11.3 Å². The minimum Gasteiger partial charge on any atom is -0.417 e. The van der Waals surface area contributed by atoms with E-state index in [-0.39, 0.29) is 0 Å². The Morgan fingerprint density at radius 1 is 0.840 bits per heavy atom. The second-order valence-electron chi connectivity index (χ2n) is 5.43. The maximum Gasteiger partial charge on any atom is 0.252 e. The van der Waals surface area contributed by atoms with E-state index in [0.717, 1.165) is 11.3 Å². The number of nitrogens with zero attached hydrogens (tertiary/aromatic N) is 3. The summed E-state index contributed by atoms with van der Waals surface area (Å²) in [5.74, 6) is 1.63. The number of oxazole rings is 1. The molecule has 0 unspecified atom stereocenters. The molecule has 4 aromatic rings. The molecule has 124 valence electrons. The number of fused-ring (bicyclic) bond motifs is 1. The summed E-state index contributed by atoms with van der Waals surface area (Å²) < 4.78 is 5.81. The Morgan fingerprint density at radius 3 is 2.16 bits per heavy atom. The Labute approximate surface area is 153 Å². The molecule has 0 atom stereocenters. The number of hydrogen-bond acceptors (Lipinski definition) is 5. The lowest BCUT2D eigenvalue weighted by molar-refractivity contribution is 0.606. The van der Waals surface area contributed by atoms with Gasteiger partial charge in [0.05, 0.1) is 0 Å². The normalized spacial score (nSPS) is 11.0. The molecule has 5 nitrogen and oxygen atoms in total. The fourth-order valence-corrected chi connectivity index (χ4v) is 2.65. The molecule has 0 spiro atoms. The maximum absolute atomic E-state index is 5.93. The van der Waals surface area contributed by atoms with Gasteiger partial charge in [0.1, 0.15) is 5.82 Å². The molecule has 0 aliphatic rings. The van der Waals surface area contributed by atoms with Crippen LogP contribution in [-0.2, 0) is 0 Å². The van der Waals surface area contributed by atoms with Crippen LogP contribution in [0.2, 0.25) is 10.0 Å². The van der Waals surface area contributed by atoms with E-state index in [1.165, 1.54) is 0 Å². The maximum atomic E-state index is 5.93. The molecule has 2 aromatic heterocycles. The quantitative estimate of drug-likeness (QED) is 0.505. The van der Waals surface area contributed by atoms with E-state index in [4.69, 9.17) is 27.6 Å². The molecule has 0 fully saturated rings. The van der Waals surface area contributed by atoms with Crippen molar-refractivity contribution in [3.63, 3.8) is 0 Å². The van der Waals surface area contributed by atoms with Crippen LogP contribution in [0.25, 0.3) is 22.7 Å². The Kier molecular flexibility index (Phi) is 4.03. The van der Waals surface area contributed by atoms with Gasteiger partial charge in [-0.1, -0.05) is 23.2 Å². The van der Waals surface area contributed by atoms with Crippen LogP contribution in [0, 0.1) is 6.92 Å². The van der Waals surface area contributed by atoms with Crippen molar-refractivity contribution < 1.29 is 4.42 Å². The number of aryl methyl sites for hydroxylation is 1. The smallest absolute Gasteiger partial charge is 0.252 e. The van der Waals surface area contributed by atoms with Crippen molar-refractivity contribution in [2.24, 2.45) is 0 Å². The highest BCUT2D eigenvalue weighted by Gasteiger charge is 2.15. The van der Waals surface area contributed by atoms with Gasteiger partial charge in [-0.05, 0) is 55.5 Å². The van der Waals surface area contributed by atoms with Gasteiger partial charge in [-0.3, -0.25) is 0 Å². The molecular weight excluding hydrogens is 359 g/mol. The summed E-state index contributed by atoms with van der Waals surface area (Å²) in [6.07, 6.45) is 0. The first-order chi connectivity index (χ1) is 12.1. The van der Waals surface area contributed by atoms with E-state index >= 15 is 0 Å². The van der Waals surface area contributed by atoms with E-state index < -0.39 is 0 Å². The Balaban J connectivity index is 1.78. The largest absolute Gasteiger partial charge is 0.417 e. The number of halogens is 2. The lowest BCUT2D eigenvalue weighted by Gasteiger charge is -2.06. The molecule has 4 rings (SSSR count). The average molecular weight is 371 g/mol. The van der Waals surface area contributed by atoms with Gasteiger partial charge in [0.25, 0.3) is 5.71 Å². The zero-order valence-electron chi connectivity index (χ0n) is 13.1. The van der Waals surface area contributed by atoms with Crippen molar-refractivity contribution in [3.8, 4) is 11.5 Å². The molecular formula is C18H12Cl2N4O. The van der Waals surface area contributed by atoms with Gasteiger partial charge in [-0.2, -0.15) is 4.98 Å². The van der Waals surface area contributed by atoms with E-state index in [1.807, 2.05) is 24.3 Å². The van der Waals surface area contributed by atoms with Gasteiger partial charge < -0.3 is 9.73 Å². The molecule has 25 heavy (non-hydrogen) atoms. The number of benzene rings is 2. The molecule has 0 bridgehead atoms. The van der Waals surface area contributed by atoms with Crippen LogP contribution in [0.1, 0.15) is 5.82 Å². The highest BCUT2D eigenvalue weighted by atomic mass is 35.5. The minimum atomic E-state index is 0.425. The Hall–Kier alpha value is -2.63. The summed E-state index contributed by atoms with van der Waals surface area (Å²) in [6.45, 7) is 1.80. The molecule has 0 amide bonds. The lowest BCUT2D eigenvalue weighted by Crippen LogP contribution is -1.98. The van der Waals surface area contributed by atoms with E-state index in [9.17, 15) is 0 Å². The Bertz CT molecular complexity index is 1040. The first-order valence-electron chi connectivity index (χ1n) is 7.52. The third-order valence-corrected chi connectivity index (χ3v) is 4.07. The molecule has 2 heterocycles. The van der Waals surface area contributed by atoms with Crippen LogP contribution >= 0.6 is 23.2 Å². The van der Waals surface area contributed by atoms with Gasteiger partial charge in [0.2, 0.25) is 5.89 Å². The Morgan fingerprint density at radius 2 is 1.48 bits per heavy atom. The highest BCUT2D eigenvalue weighted by molar-refractivity contribution is 6.30. The average Bonchev–Trinajstić information content (AvgIpc) is 3.01. The second-order valence-corrected chi connectivity index (χ2v) is 6.30. The summed E-state index contributed by atoms with van der Waals surface area (Å²) in [5, 5.41) is 4.56. The number of hydrogen-bond donors (Lipinski definition) is 1. The standard InChI is InChI=1S/C18H12Cl2N4O/c1-10-21-16(23-14-8-6-13(20)7-9-14)15-18(22-10)25-17(24-15)11-2-4-12(19)5-3-11/h2-9H,1H3,(H,21,22,23). The number of rotatable bonds is 3. The van der Waals surface area contributed by atoms with Crippen molar-refractivity contribution in [1.82, 2.24) is 15.0 Å². The van der Waals surface area contributed by atoms with Gasteiger partial charge >= 0.3 is 0 Å². The molecule has 1 N–H and O–H groups in total. The van der Waals surface area contributed by atoms with Crippen molar-refractivity contribution in [2.45, 2.75) is 6.92 Å². The molecule has 2 aromatic carbocycles. The first-order valence-corrected chi connectivity index (χ1v) is 8.28. The molecule has 0 aliphatic carbocycles. The van der Waals surface area contributed by atoms with Crippen molar-refractivity contribution >= 4 is 45.9 Å². The molecule has 0 saturated heterocycles. The predicted octanol–water partition coefficient (Wildman–Crippen LogP) is 5.64. The molecule has 0 saturated carbocycles. The van der Waals surface area contributed by atoms with Crippen molar-refractivity contribution in [2.75, 3.05) is 5.32 Å². The lowest BCUT2D eigenvalue weighted by atomic mass is 10.2. The second kappa shape index (κ2) is 6.35. The van der Waals surface area contributed by atoms with Gasteiger partial charge in [0, 0.05) is 21.3 Å². The predicted molar refractivity (Wildman–Crippen MR) is 99.5 cm³/mol. The summed E-state index contributed by atoms with van der Waals surface area (Å²) in [5.41, 5.74) is 2.65. The monoisotopic (exact) mass is 370 g/mol. The minimum absolute atomic E-state index is 0.425. The zero-order chi connectivity index (χ0) is 17.4. The van der Waals surface area contributed by atoms with Crippen LogP contribution in [-0.4, -0.2) is 15.0 Å². The van der Waals surface area contributed by atoms with E-state index in [2.05, 4.69) is 20.3 Å². The topological polar surface area (TPSA) is 63.8 Å². The third kappa shape index (κ3) is 3.29. The number of nitrogens with one attached hydrogen (secondary N) is 1. The molecule has 7 heteroatoms. The third-order valence-electron chi connectivity index (χ3n) is 3.57. The van der Waals surface area contributed by atoms with Crippen LogP contribution < -0.4 is 5.32 Å². The SMILES string of the molecule is Cc1nc(Nc2ccc(Cl)cc2)c2nc(-c3ccc(Cl)cc3)oc2n1. The van der Waals surface area contributed by atoms with Crippen LogP contribution in [0.4, 0.5) is 11.5 Å². The first kappa shape index (κ1) is 15.9. The molecule has 0 radical (unpaired) electrons. The van der Waals surface area contributed by atoms with Crippen LogP contribution in [0.15, 0.2) is 52.9 Å². The summed E-state index contributed by atoms with van der Waals surface area (Å²) >= 11 is 11.9. The van der Waals surface area contributed by atoms with Crippen molar-refractivity contribution in [3.05, 3.63) is 64.4 Å². The van der Waals surface area contributed by atoms with Gasteiger partial charge in [-0.15, -0.1) is 0 Å². The van der Waals surface area contributed by atoms with Crippen LogP contribution in [0.3, 0.4) is 0 Å².